The molecule has 0 fully saturated rings. The van der Waals surface area contributed by atoms with E-state index in [9.17, 15) is 9.50 Å². The smallest absolute Gasteiger partial charge is 0.137 e. The highest BCUT2D eigenvalue weighted by Gasteiger charge is 2.19. The molecule has 0 bridgehead atoms. The molecule has 0 radical (unpaired) electrons. The van der Waals surface area contributed by atoms with Crippen LogP contribution in [0.4, 0.5) is 4.39 Å². The minimum atomic E-state index is -1.18. The summed E-state index contributed by atoms with van der Waals surface area (Å²) in [6.07, 6.45) is -1.18. The molecule has 0 aromatic heterocycles. The summed E-state index contributed by atoms with van der Waals surface area (Å²) in [4.78, 5) is -1.02. The number of aliphatic hydroxyl groups is 1. The maximum Gasteiger partial charge on any atom is 0.137 e. The minimum absolute atomic E-state index is 0.134. The van der Waals surface area contributed by atoms with Crippen LogP contribution >= 0.6 is 23.2 Å². The van der Waals surface area contributed by atoms with Gasteiger partial charge in [0.2, 0.25) is 0 Å². The first-order chi connectivity index (χ1) is 6.02. The van der Waals surface area contributed by atoms with Crippen LogP contribution < -0.4 is 0 Å². The molecule has 72 valence electrons. The molecule has 13 heavy (non-hydrogen) atoms. The second-order valence-corrected chi connectivity index (χ2v) is 3.97. The molecule has 0 amide bonds. The van der Waals surface area contributed by atoms with Crippen molar-refractivity contribution in [3.05, 3.63) is 35.1 Å². The summed E-state index contributed by atoms with van der Waals surface area (Å²) in [5.74, 6) is -0.496. The summed E-state index contributed by atoms with van der Waals surface area (Å²) < 4.78 is 13.1. The van der Waals surface area contributed by atoms with E-state index in [1.165, 1.54) is 12.1 Å². The van der Waals surface area contributed by atoms with Gasteiger partial charge < -0.3 is 5.11 Å². The van der Waals surface area contributed by atoms with Gasteiger partial charge in [0.05, 0.1) is 0 Å². The van der Waals surface area contributed by atoms with E-state index in [0.717, 1.165) is 5.56 Å². The fourth-order valence-electron chi connectivity index (χ4n) is 1.03. The molecule has 1 aromatic carbocycles. The van der Waals surface area contributed by atoms with Crippen LogP contribution in [0.15, 0.2) is 18.2 Å². The summed E-state index contributed by atoms with van der Waals surface area (Å²) >= 11 is 10.9. The first-order valence-electron chi connectivity index (χ1n) is 3.74. The molecule has 1 atom stereocenters. The van der Waals surface area contributed by atoms with Crippen molar-refractivity contribution < 1.29 is 9.50 Å². The van der Waals surface area contributed by atoms with Gasteiger partial charge >= 0.3 is 0 Å². The lowest BCUT2D eigenvalue weighted by Gasteiger charge is -2.12. The number of hydrogen-bond donors (Lipinski definition) is 1. The highest BCUT2D eigenvalue weighted by Crippen LogP contribution is 2.26. The number of aliphatic hydroxyl groups excluding tert-OH is 1. The van der Waals surface area contributed by atoms with Crippen molar-refractivity contribution in [2.45, 2.75) is 17.9 Å². The highest BCUT2D eigenvalue weighted by atomic mass is 35.5. The third kappa shape index (κ3) is 2.56. The highest BCUT2D eigenvalue weighted by molar-refractivity contribution is 6.44. The quantitative estimate of drug-likeness (QED) is 0.764. The Balaban J connectivity index is 3.05. The number of halogens is 3. The Hall–Kier alpha value is -0.310. The maximum atomic E-state index is 13.1. The number of rotatable bonds is 2. The van der Waals surface area contributed by atoms with Crippen LogP contribution in [0, 0.1) is 12.7 Å². The SMILES string of the molecule is Cc1ccc(F)c(C(O)C(Cl)Cl)c1. The molecule has 0 saturated carbocycles. The average molecular weight is 223 g/mol. The molecule has 0 aliphatic heterocycles. The van der Waals surface area contributed by atoms with Gasteiger partial charge in [-0.2, -0.15) is 0 Å². The van der Waals surface area contributed by atoms with Crippen LogP contribution in [0.1, 0.15) is 17.2 Å². The van der Waals surface area contributed by atoms with E-state index in [1.807, 2.05) is 0 Å². The van der Waals surface area contributed by atoms with Gasteiger partial charge in [-0.05, 0) is 13.0 Å². The third-order valence-corrected chi connectivity index (χ3v) is 2.19. The van der Waals surface area contributed by atoms with Crippen molar-refractivity contribution in [2.75, 3.05) is 0 Å². The Bertz CT molecular complexity index is 302. The molecule has 0 spiro atoms. The minimum Gasteiger partial charge on any atom is -0.385 e. The maximum absolute atomic E-state index is 13.1. The summed E-state index contributed by atoms with van der Waals surface area (Å²) in [5, 5.41) is 9.40. The predicted molar refractivity (Wildman–Crippen MR) is 51.6 cm³/mol. The monoisotopic (exact) mass is 222 g/mol. The van der Waals surface area contributed by atoms with Crippen LogP contribution in [0.5, 0.6) is 0 Å². The normalized spacial score (nSPS) is 13.4. The Morgan fingerprint density at radius 2 is 2.00 bits per heavy atom. The second kappa shape index (κ2) is 4.27. The third-order valence-electron chi connectivity index (χ3n) is 1.71. The Morgan fingerprint density at radius 3 is 2.54 bits per heavy atom. The van der Waals surface area contributed by atoms with Gasteiger partial charge in [-0.15, -0.1) is 23.2 Å². The summed E-state index contributed by atoms with van der Waals surface area (Å²) in [5.41, 5.74) is 0.986. The van der Waals surface area contributed by atoms with Crippen LogP contribution in [-0.2, 0) is 0 Å². The molecule has 0 heterocycles. The molecule has 1 nitrogen and oxygen atoms in total. The Kier molecular flexibility index (Phi) is 3.54. The summed E-state index contributed by atoms with van der Waals surface area (Å²) in [6, 6.07) is 4.42. The van der Waals surface area contributed by atoms with Gasteiger partial charge in [-0.1, -0.05) is 17.7 Å². The van der Waals surface area contributed by atoms with Crippen molar-refractivity contribution in [3.8, 4) is 0 Å². The van der Waals surface area contributed by atoms with Crippen molar-refractivity contribution in [3.63, 3.8) is 0 Å². The van der Waals surface area contributed by atoms with Crippen LogP contribution in [-0.4, -0.2) is 9.94 Å². The largest absolute Gasteiger partial charge is 0.385 e. The number of hydrogen-bond acceptors (Lipinski definition) is 1. The van der Waals surface area contributed by atoms with Gasteiger partial charge in [0, 0.05) is 5.56 Å². The number of aryl methyl sites for hydroxylation is 1. The van der Waals surface area contributed by atoms with Gasteiger partial charge in [0.1, 0.15) is 16.8 Å². The lowest BCUT2D eigenvalue weighted by atomic mass is 10.1. The first kappa shape index (κ1) is 10.8. The molecule has 1 N–H and O–H groups in total. The van der Waals surface area contributed by atoms with Crippen molar-refractivity contribution in [1.82, 2.24) is 0 Å². The van der Waals surface area contributed by atoms with E-state index < -0.39 is 16.8 Å². The van der Waals surface area contributed by atoms with E-state index in [1.54, 1.807) is 13.0 Å². The fraction of sp³-hybridized carbons (Fsp3) is 0.333. The molecule has 4 heteroatoms. The fourth-order valence-corrected chi connectivity index (χ4v) is 1.30. The van der Waals surface area contributed by atoms with E-state index in [-0.39, 0.29) is 5.56 Å². The van der Waals surface area contributed by atoms with Gasteiger partial charge in [0.15, 0.2) is 0 Å². The summed E-state index contributed by atoms with van der Waals surface area (Å²) in [6.45, 7) is 1.80. The van der Waals surface area contributed by atoms with Crippen LogP contribution in [0.25, 0.3) is 0 Å². The lowest BCUT2D eigenvalue weighted by Crippen LogP contribution is -2.08. The Labute approximate surface area is 86.1 Å². The van der Waals surface area contributed by atoms with Crippen LogP contribution in [0.3, 0.4) is 0 Å². The molecule has 1 unspecified atom stereocenters. The zero-order chi connectivity index (χ0) is 10.0. The number of benzene rings is 1. The van der Waals surface area contributed by atoms with Crippen molar-refractivity contribution in [2.24, 2.45) is 0 Å². The molecule has 1 aromatic rings. The molecule has 1 rings (SSSR count). The topological polar surface area (TPSA) is 20.2 Å². The second-order valence-electron chi connectivity index (χ2n) is 2.80. The molecular weight excluding hydrogens is 214 g/mol. The molecular formula is C9H9Cl2FO. The first-order valence-corrected chi connectivity index (χ1v) is 4.62. The van der Waals surface area contributed by atoms with Gasteiger partial charge in [-0.25, -0.2) is 4.39 Å². The lowest BCUT2D eigenvalue weighted by molar-refractivity contribution is 0.187. The zero-order valence-corrected chi connectivity index (χ0v) is 8.48. The number of alkyl halides is 2. The van der Waals surface area contributed by atoms with Gasteiger partial charge in [0.25, 0.3) is 0 Å². The predicted octanol–water partition coefficient (Wildman–Crippen LogP) is 2.97. The zero-order valence-electron chi connectivity index (χ0n) is 6.97. The van der Waals surface area contributed by atoms with Gasteiger partial charge in [-0.3, -0.25) is 0 Å². The molecule has 0 aliphatic rings. The summed E-state index contributed by atoms with van der Waals surface area (Å²) in [7, 11) is 0. The average Bonchev–Trinajstić information content (AvgIpc) is 2.08. The van der Waals surface area contributed by atoms with E-state index >= 15 is 0 Å². The van der Waals surface area contributed by atoms with E-state index in [2.05, 4.69) is 0 Å². The standard InChI is InChI=1S/C9H9Cl2FO/c1-5-2-3-7(12)6(4-5)8(13)9(10)11/h2-4,8-9,13H,1H3. The molecule has 0 aliphatic carbocycles. The van der Waals surface area contributed by atoms with E-state index in [0.29, 0.717) is 0 Å². The van der Waals surface area contributed by atoms with Crippen molar-refractivity contribution in [1.29, 1.82) is 0 Å². The van der Waals surface area contributed by atoms with E-state index in [4.69, 9.17) is 23.2 Å². The van der Waals surface area contributed by atoms with Crippen LogP contribution in [0.2, 0.25) is 0 Å². The van der Waals surface area contributed by atoms with Crippen molar-refractivity contribution >= 4 is 23.2 Å². The Morgan fingerprint density at radius 1 is 1.38 bits per heavy atom. The molecule has 0 saturated heterocycles.